The Hall–Kier alpha value is -1.72. The Labute approximate surface area is 128 Å². The summed E-state index contributed by atoms with van der Waals surface area (Å²) in [5, 5.41) is 13.4. The lowest BCUT2D eigenvalue weighted by molar-refractivity contribution is 0.0851. The molecule has 4 nitrogen and oxygen atoms in total. The zero-order valence-corrected chi connectivity index (χ0v) is 13.1. The average molecular weight is 304 g/mol. The Bertz CT molecular complexity index is 583. The third-order valence-corrected chi connectivity index (χ3v) is 4.46. The van der Waals surface area contributed by atoms with Crippen molar-refractivity contribution in [3.63, 3.8) is 0 Å². The maximum atomic E-state index is 12.1. The third-order valence-electron chi connectivity index (χ3n) is 3.32. The normalized spacial score (nSPS) is 13.7. The second-order valence-corrected chi connectivity index (χ2v) is 6.12. The average Bonchev–Trinajstić information content (AvgIpc) is 2.97. The molecule has 1 heterocycles. The molecule has 1 amide bonds. The van der Waals surface area contributed by atoms with Gasteiger partial charge in [-0.05, 0) is 18.9 Å². The summed E-state index contributed by atoms with van der Waals surface area (Å²) in [5.74, 6) is -0.223. The van der Waals surface area contributed by atoms with E-state index in [-0.39, 0.29) is 11.9 Å². The predicted octanol–water partition coefficient (Wildman–Crippen LogP) is 2.43. The number of carbonyl (C=O) groups is 1. The van der Waals surface area contributed by atoms with Crippen LogP contribution >= 0.6 is 11.3 Å². The molecule has 2 rings (SSSR count). The van der Waals surface area contributed by atoms with Crippen molar-refractivity contribution in [3.05, 3.63) is 52.0 Å². The number of carbonyl (C=O) groups excluding carboxylic acids is 1. The number of benzene rings is 1. The maximum Gasteiger partial charge on any atom is 0.280 e. The Kier molecular flexibility index (Phi) is 5.47. The molecular weight excluding hydrogens is 284 g/mol. The van der Waals surface area contributed by atoms with Gasteiger partial charge in [-0.2, -0.15) is 0 Å². The summed E-state index contributed by atoms with van der Waals surface area (Å²) in [6, 6.07) is 9.42. The highest BCUT2D eigenvalue weighted by atomic mass is 32.1. The lowest BCUT2D eigenvalue weighted by Gasteiger charge is -2.19. The van der Waals surface area contributed by atoms with E-state index < -0.39 is 6.10 Å². The molecule has 0 radical (unpaired) electrons. The van der Waals surface area contributed by atoms with Gasteiger partial charge in [0.25, 0.3) is 5.91 Å². The maximum absolute atomic E-state index is 12.1. The van der Waals surface area contributed by atoms with Crippen molar-refractivity contribution in [2.45, 2.75) is 38.8 Å². The molecule has 0 aliphatic rings. The fraction of sp³-hybridized carbons (Fsp3) is 0.375. The molecule has 112 valence electrons. The molecule has 0 aliphatic heterocycles. The Morgan fingerprint density at radius 3 is 2.71 bits per heavy atom. The molecule has 2 N–H and O–H groups in total. The summed E-state index contributed by atoms with van der Waals surface area (Å²) in [5.41, 5.74) is 1.05. The molecule has 2 atom stereocenters. The Morgan fingerprint density at radius 2 is 2.10 bits per heavy atom. The zero-order chi connectivity index (χ0) is 15.2. The predicted molar refractivity (Wildman–Crippen MR) is 84.6 cm³/mol. The summed E-state index contributed by atoms with van der Waals surface area (Å²) in [7, 11) is 0. The van der Waals surface area contributed by atoms with Crippen LogP contribution < -0.4 is 5.32 Å². The number of thiazole rings is 1. The second kappa shape index (κ2) is 7.33. The van der Waals surface area contributed by atoms with Crippen LogP contribution in [-0.2, 0) is 12.8 Å². The number of amides is 1. The highest BCUT2D eigenvalue weighted by Crippen LogP contribution is 2.14. The van der Waals surface area contributed by atoms with Gasteiger partial charge in [0, 0.05) is 17.5 Å². The van der Waals surface area contributed by atoms with Crippen molar-refractivity contribution in [3.8, 4) is 0 Å². The van der Waals surface area contributed by atoms with Gasteiger partial charge >= 0.3 is 0 Å². The van der Waals surface area contributed by atoms with E-state index in [1.165, 1.54) is 11.3 Å². The molecular formula is C16H20N2O2S. The minimum absolute atomic E-state index is 0.223. The van der Waals surface area contributed by atoms with Crippen LogP contribution in [0.2, 0.25) is 0 Å². The van der Waals surface area contributed by atoms with Crippen LogP contribution in [0.4, 0.5) is 0 Å². The molecule has 2 unspecified atom stereocenters. The minimum Gasteiger partial charge on any atom is -0.391 e. The number of rotatable bonds is 6. The van der Waals surface area contributed by atoms with E-state index in [1.807, 2.05) is 37.3 Å². The third kappa shape index (κ3) is 4.37. The first-order chi connectivity index (χ1) is 10.1. The molecule has 0 saturated carbocycles. The summed E-state index contributed by atoms with van der Waals surface area (Å²) in [6.07, 6.45) is 2.49. The van der Waals surface area contributed by atoms with Crippen molar-refractivity contribution in [1.82, 2.24) is 10.3 Å². The largest absolute Gasteiger partial charge is 0.391 e. The van der Waals surface area contributed by atoms with Crippen LogP contribution in [-0.4, -0.2) is 28.1 Å². The smallest absolute Gasteiger partial charge is 0.280 e. The lowest BCUT2D eigenvalue weighted by Crippen LogP contribution is -2.42. The van der Waals surface area contributed by atoms with Gasteiger partial charge in [-0.1, -0.05) is 37.3 Å². The topological polar surface area (TPSA) is 62.2 Å². The van der Waals surface area contributed by atoms with Crippen molar-refractivity contribution >= 4 is 17.2 Å². The van der Waals surface area contributed by atoms with E-state index in [1.54, 1.807) is 13.1 Å². The van der Waals surface area contributed by atoms with Crippen LogP contribution in [0.1, 0.15) is 34.1 Å². The van der Waals surface area contributed by atoms with E-state index in [0.29, 0.717) is 11.4 Å². The van der Waals surface area contributed by atoms with Gasteiger partial charge in [0.2, 0.25) is 0 Å². The number of hydrogen-bond acceptors (Lipinski definition) is 4. The first-order valence-electron chi connectivity index (χ1n) is 7.07. The molecule has 5 heteroatoms. The number of nitrogens with zero attached hydrogens (tertiary/aromatic N) is 1. The van der Waals surface area contributed by atoms with Crippen LogP contribution in [0.3, 0.4) is 0 Å². The monoisotopic (exact) mass is 304 g/mol. The van der Waals surface area contributed by atoms with Gasteiger partial charge in [-0.25, -0.2) is 4.98 Å². The Morgan fingerprint density at radius 1 is 1.38 bits per heavy atom. The number of aliphatic hydroxyl groups excluding tert-OH is 1. The number of aromatic nitrogens is 1. The highest BCUT2D eigenvalue weighted by molar-refractivity contribution is 7.13. The number of aliphatic hydroxyl groups is 1. The molecule has 21 heavy (non-hydrogen) atoms. The first kappa shape index (κ1) is 15.7. The molecule has 1 aromatic carbocycles. The van der Waals surface area contributed by atoms with Crippen LogP contribution in [0.25, 0.3) is 0 Å². The van der Waals surface area contributed by atoms with Gasteiger partial charge < -0.3 is 10.4 Å². The fourth-order valence-electron chi connectivity index (χ4n) is 1.97. The summed E-state index contributed by atoms with van der Waals surface area (Å²) in [6.45, 7) is 3.83. The van der Waals surface area contributed by atoms with Crippen molar-refractivity contribution < 1.29 is 9.90 Å². The zero-order valence-electron chi connectivity index (χ0n) is 12.2. The van der Waals surface area contributed by atoms with E-state index in [2.05, 4.69) is 10.3 Å². The molecule has 0 spiro atoms. The van der Waals surface area contributed by atoms with E-state index in [0.717, 1.165) is 16.9 Å². The molecule has 2 aromatic rings. The van der Waals surface area contributed by atoms with Crippen molar-refractivity contribution in [2.75, 3.05) is 0 Å². The quantitative estimate of drug-likeness (QED) is 0.861. The molecule has 0 fully saturated rings. The van der Waals surface area contributed by atoms with Crippen molar-refractivity contribution in [1.29, 1.82) is 0 Å². The van der Waals surface area contributed by atoms with E-state index in [4.69, 9.17) is 0 Å². The molecule has 0 aliphatic carbocycles. The van der Waals surface area contributed by atoms with Crippen molar-refractivity contribution in [2.24, 2.45) is 0 Å². The summed E-state index contributed by atoms with van der Waals surface area (Å²) < 4.78 is 0. The minimum atomic E-state index is -0.623. The van der Waals surface area contributed by atoms with E-state index >= 15 is 0 Å². The van der Waals surface area contributed by atoms with Crippen LogP contribution in [0, 0.1) is 0 Å². The van der Waals surface area contributed by atoms with Crippen LogP contribution in [0.15, 0.2) is 36.5 Å². The van der Waals surface area contributed by atoms with Gasteiger partial charge in [0.1, 0.15) is 0 Å². The van der Waals surface area contributed by atoms with E-state index in [9.17, 15) is 9.90 Å². The first-order valence-corrected chi connectivity index (χ1v) is 7.89. The Balaban J connectivity index is 1.91. The highest BCUT2D eigenvalue weighted by Gasteiger charge is 2.19. The molecule has 1 aromatic heterocycles. The lowest BCUT2D eigenvalue weighted by atomic mass is 10.0. The standard InChI is InChI=1S/C16H20N2O2S/c1-3-13-10-17-16(21-13)15(20)18-11(2)14(19)9-12-7-5-4-6-8-12/h4-8,10-11,14,19H,3,9H2,1-2H3,(H,18,20). The summed E-state index contributed by atoms with van der Waals surface area (Å²) in [4.78, 5) is 17.3. The number of aryl methyl sites for hydroxylation is 1. The number of nitrogens with one attached hydrogen (secondary N) is 1. The number of hydrogen-bond donors (Lipinski definition) is 2. The van der Waals surface area contributed by atoms with Gasteiger partial charge in [0.15, 0.2) is 5.01 Å². The molecule has 0 bridgehead atoms. The fourth-order valence-corrected chi connectivity index (χ4v) is 2.73. The van der Waals surface area contributed by atoms with Crippen LogP contribution in [0.5, 0.6) is 0 Å². The van der Waals surface area contributed by atoms with Gasteiger partial charge in [0.05, 0.1) is 12.1 Å². The molecule has 0 saturated heterocycles. The van der Waals surface area contributed by atoms with Gasteiger partial charge in [-0.3, -0.25) is 4.79 Å². The summed E-state index contributed by atoms with van der Waals surface area (Å²) >= 11 is 1.39. The second-order valence-electron chi connectivity index (χ2n) is 5.00. The SMILES string of the molecule is CCc1cnc(C(=O)NC(C)C(O)Cc2ccccc2)s1. The van der Waals surface area contributed by atoms with Gasteiger partial charge in [-0.15, -0.1) is 11.3 Å².